The number of nitrogens with zero attached hydrogens (tertiary/aromatic N) is 4. The van der Waals surface area contributed by atoms with Gasteiger partial charge in [-0.2, -0.15) is 0 Å². The normalized spacial score (nSPS) is 21.9. The van der Waals surface area contributed by atoms with Gasteiger partial charge in [-0.1, -0.05) is 56.3 Å². The van der Waals surface area contributed by atoms with Gasteiger partial charge in [0.25, 0.3) is 0 Å². The standard InChI is InChI=1S/C48H54N6O7/c1-27(2)44(52-47(56)59-5)46(55)54-28(3)11-16-41(54)39-20-36-35-21-43-37(19-31(35)13-15-38(36)50-39)34-14-12-32(18-33(34)26-60-43)40-22-49-45(51-40)42-17-30(24-58-4)23-53(42)48(57)61-25-29-9-7-6-8-10-29/h6-10,12,14,18-19,21-22,27-28,30,41-42,44H,11,13,15-17,20,23-26H2,1-5H3,(H,49,51)(H,52,56)/t28-,30-,41-,42-,44-/m0/s1. The number of amides is 3. The van der Waals surface area contributed by atoms with Gasteiger partial charge in [0.05, 0.1) is 37.7 Å². The number of rotatable bonds is 10. The summed E-state index contributed by atoms with van der Waals surface area (Å²) in [5.74, 6) is 1.56. The summed E-state index contributed by atoms with van der Waals surface area (Å²) >= 11 is 0. The van der Waals surface area contributed by atoms with E-state index in [0.717, 1.165) is 88.6 Å². The predicted octanol–water partition coefficient (Wildman–Crippen LogP) is 8.24. The van der Waals surface area contributed by atoms with E-state index in [-0.39, 0.29) is 48.6 Å². The van der Waals surface area contributed by atoms with E-state index in [4.69, 9.17) is 28.9 Å². The molecule has 5 aliphatic rings. The number of hydrogen-bond donors (Lipinski definition) is 2. The minimum Gasteiger partial charge on any atom is -0.488 e. The maximum atomic E-state index is 14.0. The summed E-state index contributed by atoms with van der Waals surface area (Å²) in [6, 6.07) is 19.6. The van der Waals surface area contributed by atoms with Gasteiger partial charge in [-0.3, -0.25) is 14.7 Å². The molecule has 5 atom stereocenters. The lowest BCUT2D eigenvalue weighted by molar-refractivity contribution is -0.135. The number of methoxy groups -OCH3 is 2. The van der Waals surface area contributed by atoms with Crippen molar-refractivity contribution >= 4 is 29.4 Å². The van der Waals surface area contributed by atoms with Crippen LogP contribution >= 0.6 is 0 Å². The van der Waals surface area contributed by atoms with Crippen molar-refractivity contribution in [2.24, 2.45) is 16.8 Å². The first kappa shape index (κ1) is 40.5. The van der Waals surface area contributed by atoms with Crippen LogP contribution in [-0.4, -0.2) is 89.1 Å². The van der Waals surface area contributed by atoms with Gasteiger partial charge >= 0.3 is 12.2 Å². The fraction of sp³-hybridized carbons (Fsp3) is 0.438. The molecule has 61 heavy (non-hydrogen) atoms. The zero-order valence-electron chi connectivity index (χ0n) is 35.5. The summed E-state index contributed by atoms with van der Waals surface area (Å²) < 4.78 is 22.6. The highest BCUT2D eigenvalue weighted by molar-refractivity contribution is 6.06. The van der Waals surface area contributed by atoms with E-state index in [2.05, 4.69) is 47.6 Å². The Bertz CT molecular complexity index is 2410. The Morgan fingerprint density at radius 1 is 0.967 bits per heavy atom. The Morgan fingerprint density at radius 3 is 2.59 bits per heavy atom. The van der Waals surface area contributed by atoms with Crippen LogP contribution in [0, 0.1) is 11.8 Å². The summed E-state index contributed by atoms with van der Waals surface area (Å²) in [6.45, 7) is 7.68. The molecule has 2 N–H and O–H groups in total. The van der Waals surface area contributed by atoms with E-state index in [1.807, 2.05) is 55.3 Å². The van der Waals surface area contributed by atoms with Crippen LogP contribution in [0.2, 0.25) is 0 Å². The van der Waals surface area contributed by atoms with E-state index in [0.29, 0.717) is 26.2 Å². The Balaban J connectivity index is 0.909. The molecule has 5 heterocycles. The van der Waals surface area contributed by atoms with Crippen LogP contribution in [0.15, 0.2) is 77.5 Å². The molecule has 2 saturated heterocycles. The summed E-state index contributed by atoms with van der Waals surface area (Å²) in [7, 11) is 3.00. The van der Waals surface area contributed by atoms with Crippen molar-refractivity contribution in [3.05, 3.63) is 101 Å². The number of imidazole rings is 1. The second kappa shape index (κ2) is 16.8. The van der Waals surface area contributed by atoms with Crippen molar-refractivity contribution in [3.63, 3.8) is 0 Å². The second-order valence-electron chi connectivity index (χ2n) is 17.4. The molecule has 13 heteroatoms. The van der Waals surface area contributed by atoms with Gasteiger partial charge in [0.2, 0.25) is 5.91 Å². The number of allylic oxidation sites excluding steroid dienone is 2. The predicted molar refractivity (Wildman–Crippen MR) is 231 cm³/mol. The molecule has 0 unspecified atom stereocenters. The van der Waals surface area contributed by atoms with Crippen LogP contribution in [0.5, 0.6) is 5.75 Å². The molecule has 13 nitrogen and oxygen atoms in total. The SMILES string of the molecule is COC[C@H]1C[C@@H](c2ncc(-c3ccc4c(c3)COc3cc5c(cc3-4)CCC3=C5CC([C@@H]4CC[C@H](C)N4C(=O)[C@@H](NC(=O)OC)C(C)C)=N3)[nH]2)N(C(=O)OCc2ccccc2)C1. The molecule has 0 spiro atoms. The second-order valence-corrected chi connectivity index (χ2v) is 17.4. The fourth-order valence-corrected chi connectivity index (χ4v) is 9.95. The largest absolute Gasteiger partial charge is 0.488 e. The first-order valence-corrected chi connectivity index (χ1v) is 21.5. The molecule has 0 radical (unpaired) electrons. The number of ether oxygens (including phenoxy) is 4. The Labute approximate surface area is 356 Å². The molecule has 3 amide bonds. The number of aromatic amines is 1. The Hall–Kier alpha value is -5.95. The summed E-state index contributed by atoms with van der Waals surface area (Å²) in [5, 5.41) is 2.77. The molecular weight excluding hydrogens is 773 g/mol. The molecule has 2 fully saturated rings. The highest BCUT2D eigenvalue weighted by Crippen LogP contribution is 2.47. The van der Waals surface area contributed by atoms with Gasteiger partial charge in [0.1, 0.15) is 30.8 Å². The monoisotopic (exact) mass is 826 g/mol. The number of aromatic nitrogens is 2. The lowest BCUT2D eigenvalue weighted by atomic mass is 9.83. The number of fused-ring (bicyclic) bond motifs is 5. The average molecular weight is 827 g/mol. The van der Waals surface area contributed by atoms with E-state index in [9.17, 15) is 14.4 Å². The first-order valence-electron chi connectivity index (χ1n) is 21.5. The molecular formula is C48H54N6O7. The van der Waals surface area contributed by atoms with Crippen LogP contribution in [0.4, 0.5) is 9.59 Å². The van der Waals surface area contributed by atoms with Crippen LogP contribution < -0.4 is 10.1 Å². The molecule has 1 aromatic heterocycles. The van der Waals surface area contributed by atoms with Crippen LogP contribution in [0.1, 0.15) is 87.0 Å². The van der Waals surface area contributed by atoms with Crippen molar-refractivity contribution in [2.45, 2.75) is 96.7 Å². The van der Waals surface area contributed by atoms with Crippen molar-refractivity contribution in [1.82, 2.24) is 25.1 Å². The highest BCUT2D eigenvalue weighted by atomic mass is 16.6. The first-order chi connectivity index (χ1) is 29.6. The van der Waals surface area contributed by atoms with Crippen molar-refractivity contribution in [1.29, 1.82) is 0 Å². The number of aliphatic imine (C=N–C) groups is 1. The molecule has 3 aromatic carbocycles. The lowest BCUT2D eigenvalue weighted by Crippen LogP contribution is -2.55. The van der Waals surface area contributed by atoms with Crippen LogP contribution in [0.3, 0.4) is 0 Å². The minimum absolute atomic E-state index is 0.0368. The third kappa shape index (κ3) is 7.80. The molecule has 0 bridgehead atoms. The molecule has 4 aromatic rings. The number of H-pyrrole nitrogens is 1. The van der Waals surface area contributed by atoms with Crippen LogP contribution in [0.25, 0.3) is 28.0 Å². The minimum atomic E-state index is -0.680. The number of benzene rings is 3. The van der Waals surface area contributed by atoms with E-state index in [1.165, 1.54) is 23.8 Å². The number of likely N-dealkylation sites (tertiary alicyclic amines) is 2. The molecule has 1 aliphatic carbocycles. The summed E-state index contributed by atoms with van der Waals surface area (Å²) in [4.78, 5) is 56.8. The third-order valence-electron chi connectivity index (χ3n) is 13.1. The Kier molecular flexibility index (Phi) is 11.2. The fourth-order valence-electron chi connectivity index (χ4n) is 9.95. The number of nitrogens with one attached hydrogen (secondary N) is 2. The van der Waals surface area contributed by atoms with Gasteiger partial charge in [-0.15, -0.1) is 0 Å². The van der Waals surface area contributed by atoms with E-state index < -0.39 is 12.1 Å². The summed E-state index contributed by atoms with van der Waals surface area (Å²) in [6.07, 6.45) is 5.71. The van der Waals surface area contributed by atoms with E-state index in [1.54, 1.807) is 12.0 Å². The third-order valence-corrected chi connectivity index (χ3v) is 13.1. The van der Waals surface area contributed by atoms with Gasteiger partial charge in [-0.05, 0) is 102 Å². The van der Waals surface area contributed by atoms with Crippen molar-refractivity contribution in [2.75, 3.05) is 27.4 Å². The average Bonchev–Trinajstić information content (AvgIpc) is 4.10. The quantitative estimate of drug-likeness (QED) is 0.163. The smallest absolute Gasteiger partial charge is 0.410 e. The van der Waals surface area contributed by atoms with E-state index >= 15 is 0 Å². The number of hydrogen-bond acceptors (Lipinski definition) is 9. The van der Waals surface area contributed by atoms with Gasteiger partial charge in [-0.25, -0.2) is 14.6 Å². The van der Waals surface area contributed by atoms with Crippen molar-refractivity contribution < 1.29 is 33.3 Å². The highest BCUT2D eigenvalue weighted by Gasteiger charge is 2.43. The number of carbonyl (C=O) groups is 3. The molecule has 0 saturated carbocycles. The van der Waals surface area contributed by atoms with Crippen LogP contribution in [-0.2, 0) is 38.6 Å². The zero-order chi connectivity index (χ0) is 42.4. The molecule has 318 valence electrons. The Morgan fingerprint density at radius 2 is 1.80 bits per heavy atom. The van der Waals surface area contributed by atoms with Gasteiger partial charge in [0, 0.05) is 49.0 Å². The topological polar surface area (TPSA) is 148 Å². The van der Waals surface area contributed by atoms with Gasteiger partial charge in [0.15, 0.2) is 0 Å². The number of alkyl carbamates (subject to hydrolysis) is 1. The van der Waals surface area contributed by atoms with Gasteiger partial charge < -0.3 is 34.1 Å². The number of carbonyl (C=O) groups excluding carboxylic acids is 3. The lowest BCUT2D eigenvalue weighted by Gasteiger charge is -2.34. The molecule has 9 rings (SSSR count). The summed E-state index contributed by atoms with van der Waals surface area (Å²) in [5.41, 5.74) is 11.9. The van der Waals surface area contributed by atoms with Crippen molar-refractivity contribution in [3.8, 4) is 28.1 Å². The number of aryl methyl sites for hydroxylation is 1. The zero-order valence-corrected chi connectivity index (χ0v) is 35.5. The molecule has 4 aliphatic heterocycles. The maximum absolute atomic E-state index is 14.0. The maximum Gasteiger partial charge on any atom is 0.410 e.